The van der Waals surface area contributed by atoms with Gasteiger partial charge in [0.25, 0.3) is 11.8 Å². The third-order valence-electron chi connectivity index (χ3n) is 4.34. The lowest BCUT2D eigenvalue weighted by molar-refractivity contribution is 0.0932. The third kappa shape index (κ3) is 4.71. The standard InChI is InChI=1S/C19H25N5O3/c1-3-4-16-17(19(26)21-14-7-8-14)22-23-24(16)15-9-5-13(6-10-15)18(25)20-11-12-27-2/h5-6,9-10,14H,3-4,7-8,11-12H2,1-2H3,(H,20,25)(H,21,26). The molecule has 2 aromatic rings. The van der Waals surface area contributed by atoms with Crippen LogP contribution in [0, 0.1) is 0 Å². The van der Waals surface area contributed by atoms with E-state index in [9.17, 15) is 9.59 Å². The summed E-state index contributed by atoms with van der Waals surface area (Å²) in [5.41, 5.74) is 2.49. The van der Waals surface area contributed by atoms with E-state index in [2.05, 4.69) is 20.9 Å². The Labute approximate surface area is 158 Å². The summed E-state index contributed by atoms with van der Waals surface area (Å²) in [5.74, 6) is -0.322. The van der Waals surface area contributed by atoms with Crippen LogP contribution in [0.4, 0.5) is 0 Å². The molecular weight excluding hydrogens is 346 g/mol. The minimum atomic E-state index is -0.165. The molecule has 8 nitrogen and oxygen atoms in total. The molecule has 0 aliphatic heterocycles. The van der Waals surface area contributed by atoms with Gasteiger partial charge >= 0.3 is 0 Å². The number of nitrogens with zero attached hydrogens (tertiary/aromatic N) is 3. The number of rotatable bonds is 9. The van der Waals surface area contributed by atoms with Gasteiger partial charge in [-0.2, -0.15) is 0 Å². The molecule has 0 bridgehead atoms. The number of nitrogens with one attached hydrogen (secondary N) is 2. The highest BCUT2D eigenvalue weighted by Gasteiger charge is 2.27. The summed E-state index contributed by atoms with van der Waals surface area (Å²) < 4.78 is 6.60. The van der Waals surface area contributed by atoms with E-state index in [0.29, 0.717) is 30.8 Å². The van der Waals surface area contributed by atoms with Crippen molar-refractivity contribution in [1.29, 1.82) is 0 Å². The fourth-order valence-electron chi connectivity index (χ4n) is 2.75. The average molecular weight is 371 g/mol. The molecule has 2 N–H and O–H groups in total. The Morgan fingerprint density at radius 1 is 1.22 bits per heavy atom. The van der Waals surface area contributed by atoms with Crippen molar-refractivity contribution in [3.8, 4) is 5.69 Å². The molecule has 0 saturated heterocycles. The lowest BCUT2D eigenvalue weighted by Crippen LogP contribution is -2.27. The third-order valence-corrected chi connectivity index (χ3v) is 4.34. The number of hydrogen-bond acceptors (Lipinski definition) is 5. The van der Waals surface area contributed by atoms with E-state index in [1.165, 1.54) is 0 Å². The van der Waals surface area contributed by atoms with Gasteiger partial charge < -0.3 is 15.4 Å². The van der Waals surface area contributed by atoms with E-state index in [1.54, 1.807) is 23.9 Å². The van der Waals surface area contributed by atoms with Crippen molar-refractivity contribution in [2.75, 3.05) is 20.3 Å². The maximum absolute atomic E-state index is 12.4. The van der Waals surface area contributed by atoms with Crippen molar-refractivity contribution in [2.24, 2.45) is 0 Å². The van der Waals surface area contributed by atoms with Crippen LogP contribution in [-0.4, -0.2) is 53.1 Å². The highest BCUT2D eigenvalue weighted by Crippen LogP contribution is 2.21. The molecule has 1 fully saturated rings. The van der Waals surface area contributed by atoms with Crippen LogP contribution < -0.4 is 10.6 Å². The molecule has 0 radical (unpaired) electrons. The van der Waals surface area contributed by atoms with Crippen molar-refractivity contribution in [1.82, 2.24) is 25.6 Å². The molecule has 1 aliphatic carbocycles. The van der Waals surface area contributed by atoms with Gasteiger partial charge in [0.1, 0.15) is 0 Å². The molecule has 8 heteroatoms. The summed E-state index contributed by atoms with van der Waals surface area (Å²) in [7, 11) is 1.59. The minimum absolute atomic E-state index is 0.157. The zero-order chi connectivity index (χ0) is 19.2. The number of methoxy groups -OCH3 is 1. The Morgan fingerprint density at radius 2 is 1.96 bits per heavy atom. The molecule has 1 saturated carbocycles. The van der Waals surface area contributed by atoms with Gasteiger partial charge in [-0.25, -0.2) is 4.68 Å². The van der Waals surface area contributed by atoms with Crippen LogP contribution >= 0.6 is 0 Å². The number of carbonyl (C=O) groups excluding carboxylic acids is 2. The first-order chi connectivity index (χ1) is 13.1. The van der Waals surface area contributed by atoms with Gasteiger partial charge in [0.2, 0.25) is 0 Å². The van der Waals surface area contributed by atoms with E-state index in [-0.39, 0.29) is 17.9 Å². The Hall–Kier alpha value is -2.74. The maximum Gasteiger partial charge on any atom is 0.273 e. The summed E-state index contributed by atoms with van der Waals surface area (Å²) in [6.07, 6.45) is 3.62. The average Bonchev–Trinajstić information content (AvgIpc) is 3.39. The van der Waals surface area contributed by atoms with Gasteiger partial charge in [-0.15, -0.1) is 5.10 Å². The van der Waals surface area contributed by atoms with Crippen LogP contribution in [0.5, 0.6) is 0 Å². The summed E-state index contributed by atoms with van der Waals surface area (Å²) in [6.45, 7) is 2.97. The Balaban J connectivity index is 1.77. The van der Waals surface area contributed by atoms with Gasteiger partial charge in [0.05, 0.1) is 18.0 Å². The number of aromatic nitrogens is 3. The van der Waals surface area contributed by atoms with Crippen molar-refractivity contribution in [2.45, 2.75) is 38.6 Å². The number of ether oxygens (including phenoxy) is 1. The van der Waals surface area contributed by atoms with E-state index in [1.807, 2.05) is 19.1 Å². The fraction of sp³-hybridized carbons (Fsp3) is 0.474. The summed E-state index contributed by atoms with van der Waals surface area (Å²) in [6, 6.07) is 7.36. The van der Waals surface area contributed by atoms with Gasteiger partial charge in [-0.05, 0) is 43.5 Å². The molecule has 0 unspecified atom stereocenters. The number of hydrogen-bond donors (Lipinski definition) is 2. The zero-order valence-electron chi connectivity index (χ0n) is 15.7. The maximum atomic E-state index is 12.4. The summed E-state index contributed by atoms with van der Waals surface area (Å²) in [5, 5.41) is 14.0. The Bertz CT molecular complexity index is 796. The summed E-state index contributed by atoms with van der Waals surface area (Å²) >= 11 is 0. The molecule has 144 valence electrons. The normalized spacial score (nSPS) is 13.4. The molecular formula is C19H25N5O3. The van der Waals surface area contributed by atoms with Crippen LogP contribution in [0.3, 0.4) is 0 Å². The van der Waals surface area contributed by atoms with Crippen LogP contribution in [0.1, 0.15) is 52.7 Å². The largest absolute Gasteiger partial charge is 0.383 e. The first kappa shape index (κ1) is 19.0. The SMILES string of the molecule is CCCc1c(C(=O)NC2CC2)nnn1-c1ccc(C(=O)NCCOC)cc1. The molecule has 1 aromatic heterocycles. The van der Waals surface area contributed by atoms with E-state index < -0.39 is 0 Å². The second-order valence-electron chi connectivity index (χ2n) is 6.59. The van der Waals surface area contributed by atoms with E-state index in [4.69, 9.17) is 4.74 Å². The topological polar surface area (TPSA) is 98.1 Å². The van der Waals surface area contributed by atoms with E-state index >= 15 is 0 Å². The van der Waals surface area contributed by atoms with Crippen molar-refractivity contribution in [3.63, 3.8) is 0 Å². The first-order valence-electron chi connectivity index (χ1n) is 9.27. The second kappa shape index (κ2) is 8.77. The fourth-order valence-corrected chi connectivity index (χ4v) is 2.75. The molecule has 1 aromatic carbocycles. The van der Waals surface area contributed by atoms with Gasteiger partial charge in [-0.1, -0.05) is 18.6 Å². The Kier molecular flexibility index (Phi) is 6.18. The number of amides is 2. The highest BCUT2D eigenvalue weighted by molar-refractivity contribution is 5.94. The quantitative estimate of drug-likeness (QED) is 0.651. The molecule has 1 aliphatic rings. The van der Waals surface area contributed by atoms with Gasteiger partial charge in [0.15, 0.2) is 5.69 Å². The van der Waals surface area contributed by atoms with Crippen molar-refractivity contribution in [3.05, 3.63) is 41.2 Å². The van der Waals surface area contributed by atoms with Gasteiger partial charge in [0, 0.05) is 25.3 Å². The molecule has 3 rings (SSSR count). The van der Waals surface area contributed by atoms with Crippen molar-refractivity contribution >= 4 is 11.8 Å². The minimum Gasteiger partial charge on any atom is -0.383 e. The second-order valence-corrected chi connectivity index (χ2v) is 6.59. The van der Waals surface area contributed by atoms with Crippen LogP contribution in [-0.2, 0) is 11.2 Å². The van der Waals surface area contributed by atoms with Crippen LogP contribution in [0.15, 0.2) is 24.3 Å². The van der Waals surface area contributed by atoms with E-state index in [0.717, 1.165) is 30.6 Å². The predicted octanol–water partition coefficient (Wildman–Crippen LogP) is 1.49. The number of benzene rings is 1. The van der Waals surface area contributed by atoms with Crippen LogP contribution in [0.25, 0.3) is 5.69 Å². The summed E-state index contributed by atoms with van der Waals surface area (Å²) in [4.78, 5) is 24.5. The molecule has 0 atom stereocenters. The number of carbonyl (C=O) groups is 2. The van der Waals surface area contributed by atoms with Crippen LogP contribution in [0.2, 0.25) is 0 Å². The predicted molar refractivity (Wildman–Crippen MR) is 100 cm³/mol. The molecule has 0 spiro atoms. The lowest BCUT2D eigenvalue weighted by atomic mass is 10.1. The lowest BCUT2D eigenvalue weighted by Gasteiger charge is -2.09. The zero-order valence-corrected chi connectivity index (χ0v) is 15.7. The first-order valence-corrected chi connectivity index (χ1v) is 9.27. The van der Waals surface area contributed by atoms with Crippen molar-refractivity contribution < 1.29 is 14.3 Å². The smallest absolute Gasteiger partial charge is 0.273 e. The monoisotopic (exact) mass is 371 g/mol. The molecule has 2 amide bonds. The molecule has 1 heterocycles. The molecule has 27 heavy (non-hydrogen) atoms. The van der Waals surface area contributed by atoms with Gasteiger partial charge in [-0.3, -0.25) is 9.59 Å². The Morgan fingerprint density at radius 3 is 2.59 bits per heavy atom. The highest BCUT2D eigenvalue weighted by atomic mass is 16.5.